The third-order valence-electron chi connectivity index (χ3n) is 9.93. The van der Waals surface area contributed by atoms with Crippen LogP contribution in [0.2, 0.25) is 0 Å². The fourth-order valence-corrected chi connectivity index (χ4v) is 7.29. The first-order chi connectivity index (χ1) is 27.8. The molecule has 6 heteroatoms. The summed E-state index contributed by atoms with van der Waals surface area (Å²) in [6, 6.07) is 70.2. The monoisotopic (exact) mass is 722 g/mol. The zero-order valence-electron chi connectivity index (χ0n) is 30.2. The lowest BCUT2D eigenvalue weighted by Gasteiger charge is -2.25. The van der Waals surface area contributed by atoms with Gasteiger partial charge in [-0.25, -0.2) is 9.97 Å². The summed E-state index contributed by atoms with van der Waals surface area (Å²) in [6.45, 7) is 0. The molecule has 2 heterocycles. The highest BCUT2D eigenvalue weighted by Gasteiger charge is 2.19. The molecule has 0 unspecified atom stereocenters. The first-order valence-electron chi connectivity index (χ1n) is 18.6. The summed E-state index contributed by atoms with van der Waals surface area (Å²) in [4.78, 5) is 14.6. The Balaban J connectivity index is 0.973. The maximum atomic E-state index is 6.39. The van der Waals surface area contributed by atoms with Crippen LogP contribution in [0.3, 0.4) is 0 Å². The fourth-order valence-electron chi connectivity index (χ4n) is 7.29. The Morgan fingerprint density at radius 2 is 0.589 bits per heavy atom. The topological polar surface area (TPSA) is 58.5 Å². The molecule has 2 aromatic heterocycles. The summed E-state index contributed by atoms with van der Waals surface area (Å²) in [6.07, 6.45) is 0. The Hall–Kier alpha value is -7.70. The third kappa shape index (κ3) is 6.15. The van der Waals surface area contributed by atoms with Crippen molar-refractivity contribution in [3.05, 3.63) is 206 Å². The van der Waals surface area contributed by atoms with E-state index < -0.39 is 0 Å². The summed E-state index contributed by atoms with van der Waals surface area (Å²) in [5.41, 5.74) is 13.0. The van der Waals surface area contributed by atoms with Gasteiger partial charge in [-0.05, 0) is 109 Å². The molecule has 10 rings (SSSR count). The van der Waals surface area contributed by atoms with Gasteiger partial charge in [0, 0.05) is 56.4 Å². The van der Waals surface area contributed by atoms with Gasteiger partial charge in [-0.2, -0.15) is 0 Å². The van der Waals surface area contributed by atoms with E-state index >= 15 is 0 Å². The fraction of sp³-hybridized carbons (Fsp3) is 0. The predicted octanol–water partition coefficient (Wildman–Crippen LogP) is 13.9. The van der Waals surface area contributed by atoms with Gasteiger partial charge in [-0.15, -0.1) is 0 Å². The molecule has 266 valence electrons. The van der Waals surface area contributed by atoms with Crippen LogP contribution in [0.4, 0.5) is 34.1 Å². The van der Waals surface area contributed by atoms with Crippen molar-refractivity contribution in [1.82, 2.24) is 9.97 Å². The van der Waals surface area contributed by atoms with Gasteiger partial charge >= 0.3 is 0 Å². The van der Waals surface area contributed by atoms with Crippen LogP contribution in [-0.4, -0.2) is 9.97 Å². The lowest BCUT2D eigenvalue weighted by molar-refractivity contribution is 0.619. The van der Waals surface area contributed by atoms with Crippen LogP contribution < -0.4 is 9.80 Å². The average molecular weight is 723 g/mol. The number of nitrogens with zero attached hydrogens (tertiary/aromatic N) is 4. The number of para-hydroxylation sites is 6. The molecule has 0 aliphatic rings. The molecule has 6 nitrogen and oxygen atoms in total. The summed E-state index contributed by atoms with van der Waals surface area (Å²) < 4.78 is 12.8. The molecule has 8 aromatic carbocycles. The first kappa shape index (κ1) is 32.9. The first-order valence-corrected chi connectivity index (χ1v) is 18.6. The van der Waals surface area contributed by atoms with Crippen molar-refractivity contribution < 1.29 is 8.83 Å². The quantitative estimate of drug-likeness (QED) is 0.148. The van der Waals surface area contributed by atoms with E-state index in [1.165, 1.54) is 0 Å². The Labute approximate surface area is 324 Å². The Morgan fingerprint density at radius 3 is 0.911 bits per heavy atom. The summed E-state index contributed by atoms with van der Waals surface area (Å²) >= 11 is 0. The molecule has 0 saturated carbocycles. The van der Waals surface area contributed by atoms with Crippen LogP contribution in [0.1, 0.15) is 0 Å². The van der Waals surface area contributed by atoms with Crippen LogP contribution in [0, 0.1) is 0 Å². The zero-order chi connectivity index (χ0) is 37.3. The van der Waals surface area contributed by atoms with Crippen molar-refractivity contribution in [2.75, 3.05) is 9.80 Å². The van der Waals surface area contributed by atoms with E-state index in [1.807, 2.05) is 48.5 Å². The van der Waals surface area contributed by atoms with Gasteiger partial charge in [0.05, 0.1) is 0 Å². The smallest absolute Gasteiger partial charge is 0.227 e. The van der Waals surface area contributed by atoms with Crippen LogP contribution in [0.15, 0.2) is 215 Å². The number of benzene rings is 8. The molecule has 0 amide bonds. The van der Waals surface area contributed by atoms with E-state index in [9.17, 15) is 0 Å². The van der Waals surface area contributed by atoms with Gasteiger partial charge in [0.15, 0.2) is 11.2 Å². The van der Waals surface area contributed by atoms with Crippen LogP contribution in [-0.2, 0) is 0 Å². The highest BCUT2D eigenvalue weighted by molar-refractivity contribution is 6.01. The maximum absolute atomic E-state index is 6.39. The second-order valence-electron chi connectivity index (χ2n) is 13.4. The molecule has 10 aromatic rings. The average Bonchev–Trinajstić information content (AvgIpc) is 3.92. The summed E-state index contributed by atoms with van der Waals surface area (Å²) in [5.74, 6) is 1.11. The van der Waals surface area contributed by atoms with E-state index in [-0.39, 0.29) is 0 Å². The van der Waals surface area contributed by atoms with E-state index in [4.69, 9.17) is 18.8 Å². The standard InChI is InChI=1S/C50H34N4O2/c1-5-15-37(16-6-1)53(38-17-7-2-8-18-38)41-31-27-35(28-32-41)49-51-47-43(23-13-25-45(47)55-49)44-24-14-26-46-48(44)52-50(56-46)36-29-33-42(34-30-36)54(39-19-9-3-10-20-39)40-21-11-4-12-22-40/h1-34H. The number of oxazole rings is 2. The largest absolute Gasteiger partial charge is 0.436 e. The Morgan fingerprint density at radius 1 is 0.286 bits per heavy atom. The van der Waals surface area contributed by atoms with Crippen molar-refractivity contribution in [1.29, 1.82) is 0 Å². The minimum Gasteiger partial charge on any atom is -0.436 e. The molecule has 0 aliphatic carbocycles. The molecule has 0 bridgehead atoms. The van der Waals surface area contributed by atoms with Crippen LogP contribution in [0.25, 0.3) is 56.2 Å². The number of rotatable bonds is 9. The minimum atomic E-state index is 0.554. The van der Waals surface area contributed by atoms with Gasteiger partial charge in [0.1, 0.15) is 11.0 Å². The van der Waals surface area contributed by atoms with Crippen molar-refractivity contribution in [2.24, 2.45) is 0 Å². The van der Waals surface area contributed by atoms with Gasteiger partial charge < -0.3 is 18.6 Å². The van der Waals surface area contributed by atoms with Crippen molar-refractivity contribution in [3.8, 4) is 34.0 Å². The van der Waals surface area contributed by atoms with Gasteiger partial charge in [-0.3, -0.25) is 0 Å². The van der Waals surface area contributed by atoms with Crippen molar-refractivity contribution in [2.45, 2.75) is 0 Å². The van der Waals surface area contributed by atoms with Gasteiger partial charge in [0.25, 0.3) is 0 Å². The highest BCUT2D eigenvalue weighted by Crippen LogP contribution is 2.40. The maximum Gasteiger partial charge on any atom is 0.227 e. The van der Waals surface area contributed by atoms with Crippen molar-refractivity contribution >= 4 is 56.3 Å². The molecule has 0 saturated heterocycles. The number of anilines is 6. The van der Waals surface area contributed by atoms with E-state index in [0.29, 0.717) is 22.9 Å². The van der Waals surface area contributed by atoms with E-state index in [0.717, 1.165) is 67.4 Å². The third-order valence-corrected chi connectivity index (χ3v) is 9.93. The van der Waals surface area contributed by atoms with E-state index in [2.05, 4.69) is 168 Å². The molecule has 0 atom stereocenters. The highest BCUT2D eigenvalue weighted by atomic mass is 16.4. The second kappa shape index (κ2) is 14.3. The predicted molar refractivity (Wildman–Crippen MR) is 227 cm³/mol. The van der Waals surface area contributed by atoms with Crippen molar-refractivity contribution in [3.63, 3.8) is 0 Å². The van der Waals surface area contributed by atoms with Crippen LogP contribution in [0.5, 0.6) is 0 Å². The number of hydrogen-bond acceptors (Lipinski definition) is 6. The normalized spacial score (nSPS) is 11.2. The molecule has 0 spiro atoms. The molecule has 0 N–H and O–H groups in total. The summed E-state index contributed by atoms with van der Waals surface area (Å²) in [7, 11) is 0. The molecule has 0 fully saturated rings. The lowest BCUT2D eigenvalue weighted by atomic mass is 10.0. The second-order valence-corrected chi connectivity index (χ2v) is 13.4. The zero-order valence-corrected chi connectivity index (χ0v) is 30.2. The molecule has 0 aliphatic heterocycles. The molecular formula is C50H34N4O2. The lowest BCUT2D eigenvalue weighted by Crippen LogP contribution is -2.09. The van der Waals surface area contributed by atoms with Crippen LogP contribution >= 0.6 is 0 Å². The van der Waals surface area contributed by atoms with Gasteiger partial charge in [0.2, 0.25) is 11.8 Å². The minimum absolute atomic E-state index is 0.554. The number of hydrogen-bond donors (Lipinski definition) is 0. The number of fused-ring (bicyclic) bond motifs is 2. The Bertz CT molecular complexity index is 2610. The molecule has 56 heavy (non-hydrogen) atoms. The Kier molecular flexibility index (Phi) is 8.39. The molecule has 0 radical (unpaired) electrons. The van der Waals surface area contributed by atoms with E-state index in [1.54, 1.807) is 0 Å². The summed E-state index contributed by atoms with van der Waals surface area (Å²) in [5, 5.41) is 0. The number of aromatic nitrogens is 2. The SMILES string of the molecule is c1ccc(N(c2ccccc2)c2ccc(-c3nc4c(-c5cccc6oc(-c7ccc(N(c8ccccc8)c8ccccc8)cc7)nc56)cccc4o3)cc2)cc1. The van der Waals surface area contributed by atoms with Gasteiger partial charge in [-0.1, -0.05) is 97.1 Å². The molecular weight excluding hydrogens is 689 g/mol.